The normalized spacial score (nSPS) is 11.0. The van der Waals surface area contributed by atoms with Gasteiger partial charge in [-0.15, -0.1) is 0 Å². The number of hydrogen-bond acceptors (Lipinski definition) is 0. The van der Waals surface area contributed by atoms with Gasteiger partial charge < -0.3 is 0 Å². The molecule has 0 fully saturated rings. The number of benzene rings is 14. The van der Waals surface area contributed by atoms with Crippen molar-refractivity contribution < 1.29 is 0 Å². The first-order chi connectivity index (χ1) is 48.1. The number of hydrogen-bond donors (Lipinski definition) is 0. The van der Waals surface area contributed by atoms with Gasteiger partial charge in [0.25, 0.3) is 0 Å². The zero-order valence-corrected chi connectivity index (χ0v) is 56.6. The largest absolute Gasteiger partial charge is 0.0622 e. The summed E-state index contributed by atoms with van der Waals surface area (Å²) in [5, 5.41) is 0. The third-order valence-corrected chi connectivity index (χ3v) is 19.5. The monoisotopic (exact) mass is 1250 g/mol. The van der Waals surface area contributed by atoms with E-state index in [1.165, 1.54) is 156 Å². The summed E-state index contributed by atoms with van der Waals surface area (Å²) in [5.74, 6) is 0. The maximum absolute atomic E-state index is 2.38. The molecule has 0 spiro atoms. The molecule has 0 saturated heterocycles. The first-order valence-electron chi connectivity index (χ1n) is 34.1. The summed E-state index contributed by atoms with van der Waals surface area (Å²) >= 11 is 0. The van der Waals surface area contributed by atoms with E-state index in [-0.39, 0.29) is 0 Å². The minimum atomic E-state index is 1.14. The second-order valence-corrected chi connectivity index (χ2v) is 25.6. The highest BCUT2D eigenvalue weighted by molar-refractivity contribution is 6.00. The second kappa shape index (κ2) is 28.9. The molecule has 0 heterocycles. The Kier molecular flexibility index (Phi) is 18.7. The third-order valence-electron chi connectivity index (χ3n) is 19.5. The van der Waals surface area contributed by atoms with Gasteiger partial charge in [-0.1, -0.05) is 340 Å². The Hall–Kier alpha value is -12.0. The van der Waals surface area contributed by atoms with Crippen LogP contribution >= 0.6 is 0 Å². The van der Waals surface area contributed by atoms with Crippen LogP contribution in [0.5, 0.6) is 0 Å². The molecule has 0 heteroatoms. The van der Waals surface area contributed by atoms with Crippen LogP contribution in [0.4, 0.5) is 0 Å². The van der Waals surface area contributed by atoms with E-state index in [1.807, 2.05) is 0 Å². The second-order valence-electron chi connectivity index (χ2n) is 25.6. The minimum Gasteiger partial charge on any atom is -0.0622 e. The Morgan fingerprint density at radius 3 is 0.429 bits per heavy atom. The smallest absolute Gasteiger partial charge is 0.0105 e. The van der Waals surface area contributed by atoms with Gasteiger partial charge in [-0.3, -0.25) is 0 Å². The molecule has 0 nitrogen and oxygen atoms in total. The lowest BCUT2D eigenvalue weighted by Gasteiger charge is -2.28. The summed E-state index contributed by atoms with van der Waals surface area (Å²) in [7, 11) is 0. The molecule has 0 aliphatic heterocycles. The van der Waals surface area contributed by atoms with Gasteiger partial charge >= 0.3 is 0 Å². The predicted octanol–water partition coefficient (Wildman–Crippen LogP) is 26.2. The van der Waals surface area contributed by atoms with Crippen LogP contribution in [0.1, 0.15) is 100 Å². The molecule has 0 unspecified atom stereocenters. The molecule has 0 saturated carbocycles. The zero-order valence-electron chi connectivity index (χ0n) is 56.6. The van der Waals surface area contributed by atoms with E-state index >= 15 is 0 Å². The van der Waals surface area contributed by atoms with Crippen molar-refractivity contribution in [3.63, 3.8) is 0 Å². The standard InChI is InChI=1S/C98H78/c1-67-93(85-55-47-73(48-56-85)63-89(77-31-15-7-16-32-77)78-33-17-8-18-34-78)69(3)97(70(4)94(67)86-57-49-74(50-58-86)64-90(79-35-19-9-20-36-79)80-37-21-10-22-38-80)98-71(5)95(87-59-51-75(52-60-87)65-91(81-39-23-11-24-40-81)82-41-25-12-26-42-82)68(2)96(72(98)6)88-61-53-76(54-62-88)66-92(83-43-27-13-28-44-83)84-45-29-14-30-46-84/h7-66H,1-6H3. The highest BCUT2D eigenvalue weighted by atomic mass is 14.3. The van der Waals surface area contributed by atoms with E-state index in [4.69, 9.17) is 0 Å². The molecule has 0 N–H and O–H groups in total. The predicted molar refractivity (Wildman–Crippen MR) is 421 cm³/mol. The Morgan fingerprint density at radius 2 is 0.286 bits per heavy atom. The molecule has 98 heavy (non-hydrogen) atoms. The van der Waals surface area contributed by atoms with E-state index in [0.717, 1.165) is 22.3 Å². The highest BCUT2D eigenvalue weighted by Crippen LogP contribution is 2.50. The highest BCUT2D eigenvalue weighted by Gasteiger charge is 2.27. The maximum atomic E-state index is 2.38. The molecule has 14 rings (SSSR count). The summed E-state index contributed by atoms with van der Waals surface area (Å²) in [6, 6.07) is 123. The van der Waals surface area contributed by atoms with E-state index in [2.05, 4.69) is 406 Å². The molecule has 14 aromatic carbocycles. The van der Waals surface area contributed by atoms with Crippen molar-refractivity contribution in [1.29, 1.82) is 0 Å². The maximum Gasteiger partial charge on any atom is -0.0105 e. The van der Waals surface area contributed by atoms with Gasteiger partial charge in [-0.2, -0.15) is 0 Å². The number of rotatable bonds is 17. The molecule has 0 aliphatic carbocycles. The third kappa shape index (κ3) is 13.4. The molecule has 0 aliphatic rings. The molecular weight excluding hydrogens is 1180 g/mol. The summed E-state index contributed by atoms with van der Waals surface area (Å²) in [6.07, 6.45) is 9.34. The van der Waals surface area contributed by atoms with Crippen LogP contribution < -0.4 is 0 Å². The van der Waals surface area contributed by atoms with Crippen molar-refractivity contribution in [3.05, 3.63) is 440 Å². The molecule has 0 atom stereocenters. The zero-order chi connectivity index (χ0) is 66.9. The first-order valence-corrected chi connectivity index (χ1v) is 34.1. The summed E-state index contributed by atoms with van der Waals surface area (Å²) in [6.45, 7) is 14.2. The lowest BCUT2D eigenvalue weighted by molar-refractivity contribution is 1.27. The van der Waals surface area contributed by atoms with E-state index in [1.54, 1.807) is 0 Å². The molecular formula is C98H78. The van der Waals surface area contributed by atoms with Crippen molar-refractivity contribution >= 4 is 46.6 Å². The topological polar surface area (TPSA) is 0 Å². The van der Waals surface area contributed by atoms with Crippen LogP contribution in [-0.2, 0) is 0 Å². The SMILES string of the molecule is Cc1c(-c2ccc(C=C(c3ccccc3)c3ccccc3)cc2)c(C)c(-c2c(C)c(-c3ccc(C=C(c4ccccc4)c4ccccc4)cc3)c(C)c(-c3ccc(C=C(c4ccccc4)c4ccccc4)cc3)c2C)c(C)c1-c1ccc(C=C(c2ccccc2)c2ccccc2)cc1. The van der Waals surface area contributed by atoms with E-state index < -0.39 is 0 Å². The lowest BCUT2D eigenvalue weighted by Crippen LogP contribution is -2.06. The van der Waals surface area contributed by atoms with Gasteiger partial charge in [0.2, 0.25) is 0 Å². The average Bonchev–Trinajstić information content (AvgIpc) is 0.725. The van der Waals surface area contributed by atoms with Crippen LogP contribution in [-0.4, -0.2) is 0 Å². The van der Waals surface area contributed by atoms with Gasteiger partial charge in [-0.25, -0.2) is 0 Å². The van der Waals surface area contributed by atoms with Crippen molar-refractivity contribution in [1.82, 2.24) is 0 Å². The molecule has 0 radical (unpaired) electrons. The van der Waals surface area contributed by atoms with Crippen molar-refractivity contribution in [2.75, 3.05) is 0 Å². The van der Waals surface area contributed by atoms with E-state index in [9.17, 15) is 0 Å². The van der Waals surface area contributed by atoms with Gasteiger partial charge in [0.15, 0.2) is 0 Å². The van der Waals surface area contributed by atoms with E-state index in [0.29, 0.717) is 0 Å². The van der Waals surface area contributed by atoms with Crippen molar-refractivity contribution in [2.24, 2.45) is 0 Å². The van der Waals surface area contributed by atoms with Crippen LogP contribution in [0.15, 0.2) is 340 Å². The Bertz CT molecular complexity index is 4390. The molecule has 14 aromatic rings. The average molecular weight is 1260 g/mol. The minimum absolute atomic E-state index is 1.14. The molecule has 0 bridgehead atoms. The fourth-order valence-electron chi connectivity index (χ4n) is 14.8. The van der Waals surface area contributed by atoms with Crippen LogP contribution in [0.3, 0.4) is 0 Å². The lowest BCUT2D eigenvalue weighted by atomic mass is 9.75. The van der Waals surface area contributed by atoms with Crippen molar-refractivity contribution in [2.45, 2.75) is 41.5 Å². The first kappa shape index (κ1) is 63.4. The van der Waals surface area contributed by atoms with Crippen molar-refractivity contribution in [3.8, 4) is 55.6 Å². The van der Waals surface area contributed by atoms with Crippen LogP contribution in [0.25, 0.3) is 102 Å². The Morgan fingerprint density at radius 1 is 0.153 bits per heavy atom. The van der Waals surface area contributed by atoms with Gasteiger partial charge in [0, 0.05) is 0 Å². The quantitative estimate of drug-likeness (QED) is 0.0797. The molecule has 0 aromatic heterocycles. The fraction of sp³-hybridized carbons (Fsp3) is 0.0612. The summed E-state index contributed by atoms with van der Waals surface area (Å²) in [4.78, 5) is 0. The van der Waals surface area contributed by atoms with Gasteiger partial charge in [-0.05, 0) is 244 Å². The molecule has 0 amide bonds. The Labute approximate surface area is 580 Å². The van der Waals surface area contributed by atoms with Gasteiger partial charge in [0.05, 0.1) is 0 Å². The van der Waals surface area contributed by atoms with Crippen LogP contribution in [0, 0.1) is 41.5 Å². The molecule has 470 valence electrons. The Balaban J connectivity index is 0.974. The van der Waals surface area contributed by atoms with Gasteiger partial charge in [0.1, 0.15) is 0 Å². The summed E-state index contributed by atoms with van der Waals surface area (Å²) in [5.41, 5.74) is 38.6. The van der Waals surface area contributed by atoms with Crippen LogP contribution in [0.2, 0.25) is 0 Å². The fourth-order valence-corrected chi connectivity index (χ4v) is 14.8. The summed E-state index contributed by atoms with van der Waals surface area (Å²) < 4.78 is 0.